The average Bonchev–Trinajstić information content (AvgIpc) is 2.73. The quantitative estimate of drug-likeness (QED) is 0.785. The lowest BCUT2D eigenvalue weighted by Gasteiger charge is -2.21. The minimum absolute atomic E-state index is 0.0968. The molecule has 0 aliphatic heterocycles. The van der Waals surface area contributed by atoms with E-state index in [1.165, 1.54) is 0 Å². The summed E-state index contributed by atoms with van der Waals surface area (Å²) in [6.45, 7) is 9.25. The number of hydrogen-bond donors (Lipinski definition) is 1. The maximum Gasteiger partial charge on any atom is 0.348 e. The van der Waals surface area contributed by atoms with Crippen LogP contribution in [-0.4, -0.2) is 36.5 Å². The van der Waals surface area contributed by atoms with Crippen LogP contribution < -0.4 is 5.73 Å². The molecule has 0 aliphatic carbocycles. The number of ether oxygens (including phenoxy) is 1. The van der Waals surface area contributed by atoms with E-state index >= 15 is 0 Å². The smallest absolute Gasteiger partial charge is 0.348 e. The summed E-state index contributed by atoms with van der Waals surface area (Å²) in [7, 11) is 0. The molecule has 0 saturated heterocycles. The molecule has 118 valence electrons. The molecule has 1 amide bonds. The summed E-state index contributed by atoms with van der Waals surface area (Å²) < 4.78 is 5.00. The third-order valence-electron chi connectivity index (χ3n) is 3.12. The third kappa shape index (κ3) is 3.97. The summed E-state index contributed by atoms with van der Waals surface area (Å²) in [4.78, 5) is 26.8. The highest BCUT2D eigenvalue weighted by molar-refractivity contribution is 7.18. The van der Waals surface area contributed by atoms with Crippen LogP contribution in [0.4, 0.5) is 5.00 Å². The largest absolute Gasteiger partial charge is 0.462 e. The molecule has 0 spiro atoms. The van der Waals surface area contributed by atoms with E-state index in [0.717, 1.165) is 24.2 Å². The topological polar surface area (TPSA) is 72.6 Å². The van der Waals surface area contributed by atoms with E-state index < -0.39 is 5.97 Å². The zero-order valence-corrected chi connectivity index (χ0v) is 14.0. The first-order valence-electron chi connectivity index (χ1n) is 7.33. The fraction of sp³-hybridized carbons (Fsp3) is 0.600. The predicted molar refractivity (Wildman–Crippen MR) is 85.9 cm³/mol. The van der Waals surface area contributed by atoms with Gasteiger partial charge in [-0.3, -0.25) is 4.79 Å². The van der Waals surface area contributed by atoms with Crippen LogP contribution in [0.2, 0.25) is 0 Å². The number of nitrogens with zero attached hydrogens (tertiary/aromatic N) is 1. The van der Waals surface area contributed by atoms with Crippen molar-refractivity contribution in [3.63, 3.8) is 0 Å². The molecular weight excluding hydrogens is 288 g/mol. The van der Waals surface area contributed by atoms with Gasteiger partial charge in [0.25, 0.3) is 5.91 Å². The molecule has 2 N–H and O–H groups in total. The van der Waals surface area contributed by atoms with Gasteiger partial charge in [-0.15, -0.1) is 11.3 Å². The van der Waals surface area contributed by atoms with E-state index in [2.05, 4.69) is 0 Å². The van der Waals surface area contributed by atoms with Gasteiger partial charge in [0, 0.05) is 13.1 Å². The number of nitrogen functional groups attached to an aromatic ring is 1. The number of anilines is 1. The van der Waals surface area contributed by atoms with Crippen molar-refractivity contribution in [2.75, 3.05) is 25.4 Å². The van der Waals surface area contributed by atoms with Crippen molar-refractivity contribution >= 4 is 28.2 Å². The number of carbonyl (C=O) groups excluding carboxylic acids is 2. The van der Waals surface area contributed by atoms with Crippen LogP contribution in [0.3, 0.4) is 0 Å². The molecule has 0 radical (unpaired) electrons. The van der Waals surface area contributed by atoms with E-state index in [9.17, 15) is 9.59 Å². The van der Waals surface area contributed by atoms with Crippen molar-refractivity contribution in [2.45, 2.75) is 40.5 Å². The number of rotatable bonds is 7. The first-order valence-corrected chi connectivity index (χ1v) is 8.14. The van der Waals surface area contributed by atoms with Gasteiger partial charge in [-0.05, 0) is 32.3 Å². The molecule has 0 bridgehead atoms. The lowest BCUT2D eigenvalue weighted by Crippen LogP contribution is -2.33. The van der Waals surface area contributed by atoms with Gasteiger partial charge in [0.15, 0.2) is 0 Å². The Hall–Kier alpha value is -1.56. The van der Waals surface area contributed by atoms with Crippen LogP contribution in [0, 0.1) is 6.92 Å². The fourth-order valence-corrected chi connectivity index (χ4v) is 3.17. The highest BCUT2D eigenvalue weighted by atomic mass is 32.1. The van der Waals surface area contributed by atoms with E-state index in [4.69, 9.17) is 10.5 Å². The van der Waals surface area contributed by atoms with Crippen molar-refractivity contribution in [3.05, 3.63) is 16.0 Å². The molecule has 1 aromatic heterocycles. The van der Waals surface area contributed by atoms with Gasteiger partial charge >= 0.3 is 5.97 Å². The summed E-state index contributed by atoms with van der Waals surface area (Å²) in [6.07, 6.45) is 1.78. The zero-order valence-electron chi connectivity index (χ0n) is 13.2. The maximum absolute atomic E-state index is 12.7. The Morgan fingerprint density at radius 1 is 1.19 bits per heavy atom. The third-order valence-corrected chi connectivity index (χ3v) is 4.22. The molecule has 21 heavy (non-hydrogen) atoms. The van der Waals surface area contributed by atoms with Gasteiger partial charge in [0.2, 0.25) is 0 Å². The highest BCUT2D eigenvalue weighted by Gasteiger charge is 2.26. The molecule has 0 unspecified atom stereocenters. The van der Waals surface area contributed by atoms with Gasteiger partial charge in [0.05, 0.1) is 17.2 Å². The minimum atomic E-state index is -0.414. The van der Waals surface area contributed by atoms with Gasteiger partial charge in [0.1, 0.15) is 4.88 Å². The van der Waals surface area contributed by atoms with E-state index in [0.29, 0.717) is 40.7 Å². The molecule has 6 heteroatoms. The minimum Gasteiger partial charge on any atom is -0.462 e. The molecule has 1 heterocycles. The summed E-state index contributed by atoms with van der Waals surface area (Å²) >= 11 is 1.13. The first-order chi connectivity index (χ1) is 9.97. The second-order valence-electron chi connectivity index (χ2n) is 4.81. The van der Waals surface area contributed by atoms with E-state index in [1.807, 2.05) is 13.8 Å². The van der Waals surface area contributed by atoms with Crippen molar-refractivity contribution in [2.24, 2.45) is 0 Å². The summed E-state index contributed by atoms with van der Waals surface area (Å²) in [5.74, 6) is -0.510. The molecule has 5 nitrogen and oxygen atoms in total. The number of thiophene rings is 1. The Kier molecular flexibility index (Phi) is 6.68. The number of carbonyl (C=O) groups is 2. The van der Waals surface area contributed by atoms with Crippen LogP contribution in [0.15, 0.2) is 0 Å². The molecule has 0 fully saturated rings. The van der Waals surface area contributed by atoms with E-state index in [-0.39, 0.29) is 5.91 Å². The lowest BCUT2D eigenvalue weighted by molar-refractivity contribution is 0.0531. The Balaban J connectivity index is 3.12. The normalized spacial score (nSPS) is 10.5. The monoisotopic (exact) mass is 312 g/mol. The lowest BCUT2D eigenvalue weighted by atomic mass is 10.1. The molecule has 0 aromatic carbocycles. The summed E-state index contributed by atoms with van der Waals surface area (Å²) in [6, 6.07) is 0. The Bertz CT molecular complexity index is 505. The standard InChI is InChI=1S/C15H24N2O3S/c1-5-8-17(9-6-2)14(18)11-10(4)12(21-13(11)16)15(19)20-7-3/h5-9,16H2,1-4H3. The number of esters is 1. The van der Waals surface area contributed by atoms with Crippen LogP contribution in [0.5, 0.6) is 0 Å². The number of amides is 1. The fourth-order valence-electron chi connectivity index (χ4n) is 2.21. The van der Waals surface area contributed by atoms with E-state index in [1.54, 1.807) is 18.7 Å². The van der Waals surface area contributed by atoms with Crippen LogP contribution in [0.1, 0.15) is 59.2 Å². The second kappa shape index (κ2) is 8.02. The molecule has 1 aromatic rings. The Morgan fingerprint density at radius 2 is 1.76 bits per heavy atom. The first kappa shape index (κ1) is 17.5. The van der Waals surface area contributed by atoms with Gasteiger partial charge < -0.3 is 15.4 Å². The molecule has 1 rings (SSSR count). The van der Waals surface area contributed by atoms with Gasteiger partial charge in [-0.25, -0.2) is 4.79 Å². The molecule has 0 atom stereocenters. The van der Waals surface area contributed by atoms with Crippen LogP contribution in [-0.2, 0) is 4.74 Å². The second-order valence-corrected chi connectivity index (χ2v) is 5.86. The number of hydrogen-bond acceptors (Lipinski definition) is 5. The predicted octanol–water partition coefficient (Wildman–Crippen LogP) is 3.08. The van der Waals surface area contributed by atoms with Crippen LogP contribution >= 0.6 is 11.3 Å². The van der Waals surface area contributed by atoms with Crippen molar-refractivity contribution < 1.29 is 14.3 Å². The molecule has 0 aliphatic rings. The summed E-state index contributed by atoms with van der Waals surface area (Å²) in [5.41, 5.74) is 7.04. The SMILES string of the molecule is CCCN(CCC)C(=O)c1c(N)sc(C(=O)OCC)c1C. The number of nitrogens with two attached hydrogens (primary N) is 1. The highest BCUT2D eigenvalue weighted by Crippen LogP contribution is 2.32. The van der Waals surface area contributed by atoms with Gasteiger partial charge in [-0.2, -0.15) is 0 Å². The van der Waals surface area contributed by atoms with Crippen molar-refractivity contribution in [1.29, 1.82) is 0 Å². The molecular formula is C15H24N2O3S. The maximum atomic E-state index is 12.7. The van der Waals surface area contributed by atoms with Crippen LogP contribution in [0.25, 0.3) is 0 Å². The summed E-state index contributed by atoms with van der Waals surface area (Å²) in [5, 5.41) is 0.387. The van der Waals surface area contributed by atoms with Crippen molar-refractivity contribution in [1.82, 2.24) is 4.90 Å². The average molecular weight is 312 g/mol. The zero-order chi connectivity index (χ0) is 16.0. The van der Waals surface area contributed by atoms with Gasteiger partial charge in [-0.1, -0.05) is 13.8 Å². The van der Waals surface area contributed by atoms with Crippen molar-refractivity contribution in [3.8, 4) is 0 Å². The Morgan fingerprint density at radius 3 is 2.24 bits per heavy atom. The Labute approximate surface area is 130 Å². The molecule has 0 saturated carbocycles.